The summed E-state index contributed by atoms with van der Waals surface area (Å²) >= 11 is 0. The number of nitrogens with zero attached hydrogens (tertiary/aromatic N) is 2. The van der Waals surface area contributed by atoms with Gasteiger partial charge < -0.3 is 10.1 Å². The van der Waals surface area contributed by atoms with Crippen molar-refractivity contribution in [2.24, 2.45) is 0 Å². The van der Waals surface area contributed by atoms with Gasteiger partial charge in [0.05, 0.1) is 6.61 Å². The van der Waals surface area contributed by atoms with Crippen LogP contribution in [-0.4, -0.2) is 22.6 Å². The maximum absolute atomic E-state index is 5.71. The molecule has 1 heterocycles. The fourth-order valence-electron chi connectivity index (χ4n) is 2.39. The Labute approximate surface area is 122 Å². The second kappa shape index (κ2) is 6.42. The topological polar surface area (TPSA) is 47.0 Å². The smallest absolute Gasteiger partial charge is 0.218 e. The third-order valence-electron chi connectivity index (χ3n) is 3.53. The van der Waals surface area contributed by atoms with Gasteiger partial charge in [0.1, 0.15) is 11.6 Å². The largest absolute Gasteiger partial charge is 0.478 e. The lowest BCUT2D eigenvalue weighted by Crippen LogP contribution is -2.21. The summed E-state index contributed by atoms with van der Waals surface area (Å²) in [6.45, 7) is 9.19. The summed E-state index contributed by atoms with van der Waals surface area (Å²) in [6.07, 6.45) is 6.09. The molecule has 0 unspecified atom stereocenters. The predicted molar refractivity (Wildman–Crippen MR) is 82.4 cm³/mol. The second-order valence-electron chi connectivity index (χ2n) is 6.64. The first-order valence-electron chi connectivity index (χ1n) is 7.78. The van der Waals surface area contributed by atoms with Crippen LogP contribution in [-0.2, 0) is 5.41 Å². The van der Waals surface area contributed by atoms with Crippen molar-refractivity contribution in [3.05, 3.63) is 11.9 Å². The molecule has 1 fully saturated rings. The zero-order valence-corrected chi connectivity index (χ0v) is 13.2. The van der Waals surface area contributed by atoms with Gasteiger partial charge in [-0.25, -0.2) is 4.98 Å². The standard InChI is InChI=1S/C16H27N3O/c1-5-10-20-14-11-13(17-12-8-6-7-9-12)18-15(19-14)16(2,3)4/h11-12H,5-10H2,1-4H3,(H,17,18,19). The van der Waals surface area contributed by atoms with Gasteiger partial charge >= 0.3 is 0 Å². The molecule has 1 N–H and O–H groups in total. The first kappa shape index (κ1) is 15.1. The van der Waals surface area contributed by atoms with Crippen molar-refractivity contribution >= 4 is 5.82 Å². The lowest BCUT2D eigenvalue weighted by molar-refractivity contribution is 0.301. The SMILES string of the molecule is CCCOc1cc(NC2CCCC2)nc(C(C)(C)C)n1. The fraction of sp³-hybridized carbons (Fsp3) is 0.750. The maximum atomic E-state index is 5.71. The minimum atomic E-state index is -0.0717. The molecule has 0 atom stereocenters. The van der Waals surface area contributed by atoms with Crippen molar-refractivity contribution in [3.8, 4) is 5.88 Å². The van der Waals surface area contributed by atoms with E-state index in [1.165, 1.54) is 25.7 Å². The summed E-state index contributed by atoms with van der Waals surface area (Å²) in [6, 6.07) is 2.49. The summed E-state index contributed by atoms with van der Waals surface area (Å²) in [5, 5.41) is 3.54. The van der Waals surface area contributed by atoms with Gasteiger partial charge in [-0.15, -0.1) is 0 Å². The highest BCUT2D eigenvalue weighted by atomic mass is 16.5. The van der Waals surface area contributed by atoms with E-state index in [0.717, 1.165) is 18.1 Å². The van der Waals surface area contributed by atoms with Gasteiger partial charge in [0.25, 0.3) is 0 Å². The average molecular weight is 277 g/mol. The number of ether oxygens (including phenoxy) is 1. The molecule has 0 radical (unpaired) electrons. The van der Waals surface area contributed by atoms with Crippen LogP contribution in [0.4, 0.5) is 5.82 Å². The number of hydrogen-bond acceptors (Lipinski definition) is 4. The Morgan fingerprint density at radius 2 is 1.95 bits per heavy atom. The molecule has 1 aromatic heterocycles. The second-order valence-corrected chi connectivity index (χ2v) is 6.64. The van der Waals surface area contributed by atoms with E-state index in [4.69, 9.17) is 4.74 Å². The van der Waals surface area contributed by atoms with E-state index in [0.29, 0.717) is 18.5 Å². The molecule has 1 saturated carbocycles. The highest BCUT2D eigenvalue weighted by Crippen LogP contribution is 2.26. The van der Waals surface area contributed by atoms with Gasteiger partial charge in [-0.1, -0.05) is 40.5 Å². The number of nitrogens with one attached hydrogen (secondary N) is 1. The Morgan fingerprint density at radius 1 is 1.25 bits per heavy atom. The van der Waals surface area contributed by atoms with Gasteiger partial charge in [0.2, 0.25) is 5.88 Å². The number of rotatable bonds is 5. The molecule has 2 rings (SSSR count). The molecule has 1 aliphatic carbocycles. The number of anilines is 1. The zero-order chi connectivity index (χ0) is 14.6. The fourth-order valence-corrected chi connectivity index (χ4v) is 2.39. The van der Waals surface area contributed by atoms with Crippen LogP contribution >= 0.6 is 0 Å². The van der Waals surface area contributed by atoms with Crippen molar-refractivity contribution in [1.82, 2.24) is 9.97 Å². The van der Waals surface area contributed by atoms with Crippen molar-refractivity contribution < 1.29 is 4.74 Å². The van der Waals surface area contributed by atoms with Crippen LogP contribution in [0.1, 0.15) is 65.6 Å². The first-order valence-corrected chi connectivity index (χ1v) is 7.78. The van der Waals surface area contributed by atoms with Crippen LogP contribution in [0.3, 0.4) is 0 Å². The molecule has 1 aromatic rings. The van der Waals surface area contributed by atoms with Gasteiger partial charge in [-0.2, -0.15) is 4.98 Å². The molecule has 20 heavy (non-hydrogen) atoms. The van der Waals surface area contributed by atoms with E-state index in [2.05, 4.69) is 43.0 Å². The molecule has 0 aliphatic heterocycles. The monoisotopic (exact) mass is 277 g/mol. The third-order valence-corrected chi connectivity index (χ3v) is 3.53. The molecule has 0 saturated heterocycles. The Balaban J connectivity index is 2.19. The minimum Gasteiger partial charge on any atom is -0.478 e. The van der Waals surface area contributed by atoms with E-state index in [-0.39, 0.29) is 5.41 Å². The van der Waals surface area contributed by atoms with Crippen molar-refractivity contribution in [3.63, 3.8) is 0 Å². The zero-order valence-electron chi connectivity index (χ0n) is 13.2. The molecular weight excluding hydrogens is 250 g/mol. The van der Waals surface area contributed by atoms with Crippen LogP contribution in [0.2, 0.25) is 0 Å². The third kappa shape index (κ3) is 4.09. The van der Waals surface area contributed by atoms with E-state index < -0.39 is 0 Å². The van der Waals surface area contributed by atoms with E-state index in [9.17, 15) is 0 Å². The van der Waals surface area contributed by atoms with E-state index in [1.807, 2.05) is 6.07 Å². The number of aromatic nitrogens is 2. The first-order chi connectivity index (χ1) is 9.49. The maximum Gasteiger partial charge on any atom is 0.218 e. The predicted octanol–water partition coefficient (Wildman–Crippen LogP) is 3.92. The van der Waals surface area contributed by atoms with Crippen LogP contribution in [0, 0.1) is 0 Å². The molecule has 112 valence electrons. The summed E-state index contributed by atoms with van der Waals surface area (Å²) < 4.78 is 5.71. The summed E-state index contributed by atoms with van der Waals surface area (Å²) in [5.41, 5.74) is -0.0717. The van der Waals surface area contributed by atoms with Crippen LogP contribution in [0.25, 0.3) is 0 Å². The molecule has 0 amide bonds. The molecule has 4 nitrogen and oxygen atoms in total. The molecular formula is C16H27N3O. The Hall–Kier alpha value is -1.32. The Morgan fingerprint density at radius 3 is 2.55 bits per heavy atom. The molecule has 0 bridgehead atoms. The van der Waals surface area contributed by atoms with E-state index >= 15 is 0 Å². The van der Waals surface area contributed by atoms with Crippen LogP contribution in [0.15, 0.2) is 6.07 Å². The summed E-state index contributed by atoms with van der Waals surface area (Å²) in [7, 11) is 0. The molecule has 4 heteroatoms. The van der Waals surface area contributed by atoms with Crippen LogP contribution in [0.5, 0.6) is 5.88 Å². The molecule has 1 aliphatic rings. The molecule has 0 aromatic carbocycles. The summed E-state index contributed by atoms with van der Waals surface area (Å²) in [4.78, 5) is 9.22. The normalized spacial score (nSPS) is 16.4. The highest BCUT2D eigenvalue weighted by molar-refractivity contribution is 5.40. The van der Waals surface area contributed by atoms with Crippen molar-refractivity contribution in [2.45, 2.75) is 71.3 Å². The highest BCUT2D eigenvalue weighted by Gasteiger charge is 2.21. The van der Waals surface area contributed by atoms with Gasteiger partial charge in [0.15, 0.2) is 0 Å². The minimum absolute atomic E-state index is 0.0717. The molecule has 0 spiro atoms. The van der Waals surface area contributed by atoms with Crippen LogP contribution < -0.4 is 10.1 Å². The lowest BCUT2D eigenvalue weighted by atomic mass is 9.96. The van der Waals surface area contributed by atoms with Crippen molar-refractivity contribution in [1.29, 1.82) is 0 Å². The Bertz CT molecular complexity index is 434. The number of hydrogen-bond donors (Lipinski definition) is 1. The van der Waals surface area contributed by atoms with Crippen molar-refractivity contribution in [2.75, 3.05) is 11.9 Å². The van der Waals surface area contributed by atoms with E-state index in [1.54, 1.807) is 0 Å². The Kier molecular flexibility index (Phi) is 4.84. The average Bonchev–Trinajstić information content (AvgIpc) is 2.88. The van der Waals surface area contributed by atoms with Gasteiger partial charge in [-0.3, -0.25) is 0 Å². The quantitative estimate of drug-likeness (QED) is 0.886. The lowest BCUT2D eigenvalue weighted by Gasteiger charge is -2.20. The summed E-state index contributed by atoms with van der Waals surface area (Å²) in [5.74, 6) is 2.43. The van der Waals surface area contributed by atoms with Gasteiger partial charge in [-0.05, 0) is 19.3 Å². The van der Waals surface area contributed by atoms with Gasteiger partial charge in [0, 0.05) is 17.5 Å².